The van der Waals surface area contributed by atoms with E-state index in [2.05, 4.69) is 42.5 Å². The predicted molar refractivity (Wildman–Crippen MR) is 112 cm³/mol. The monoisotopic (exact) mass is 377 g/mol. The van der Waals surface area contributed by atoms with Gasteiger partial charge in [0.25, 0.3) is 5.91 Å². The number of fused-ring (bicyclic) bond motifs is 1. The fraction of sp³-hybridized carbons (Fsp3) is 0.304. The van der Waals surface area contributed by atoms with Gasteiger partial charge in [-0.15, -0.1) is 0 Å². The van der Waals surface area contributed by atoms with Gasteiger partial charge in [-0.3, -0.25) is 9.59 Å². The number of para-hydroxylation sites is 1. The van der Waals surface area contributed by atoms with Crippen molar-refractivity contribution >= 4 is 22.7 Å². The van der Waals surface area contributed by atoms with E-state index in [1.807, 2.05) is 36.5 Å². The minimum Gasteiger partial charge on any atom is -0.361 e. The van der Waals surface area contributed by atoms with Gasteiger partial charge in [0.15, 0.2) is 0 Å². The van der Waals surface area contributed by atoms with Crippen molar-refractivity contribution in [3.05, 3.63) is 71.4 Å². The van der Waals surface area contributed by atoms with Gasteiger partial charge in [0.1, 0.15) is 0 Å². The Balaban J connectivity index is 1.44. The molecule has 28 heavy (non-hydrogen) atoms. The molecule has 2 amide bonds. The molecule has 0 aliphatic rings. The molecule has 0 aliphatic carbocycles. The molecule has 1 heterocycles. The zero-order chi connectivity index (χ0) is 20.1. The number of benzene rings is 2. The molecule has 0 aliphatic heterocycles. The molecular weight excluding hydrogens is 350 g/mol. The second-order valence-electron chi connectivity index (χ2n) is 7.97. The summed E-state index contributed by atoms with van der Waals surface area (Å²) >= 11 is 0. The largest absolute Gasteiger partial charge is 0.361 e. The van der Waals surface area contributed by atoms with Crippen molar-refractivity contribution in [2.45, 2.75) is 32.6 Å². The Bertz CT molecular complexity index is 965. The van der Waals surface area contributed by atoms with Crippen LogP contribution >= 0.6 is 0 Å². The molecule has 0 radical (unpaired) electrons. The van der Waals surface area contributed by atoms with Crippen LogP contribution in [0.1, 0.15) is 42.3 Å². The van der Waals surface area contributed by atoms with Crippen LogP contribution in [0.4, 0.5) is 0 Å². The summed E-state index contributed by atoms with van der Waals surface area (Å²) in [5.74, 6) is -0.438. The van der Waals surface area contributed by atoms with Crippen molar-refractivity contribution in [3.8, 4) is 0 Å². The topological polar surface area (TPSA) is 74.0 Å². The van der Waals surface area contributed by atoms with Crippen LogP contribution in [0.15, 0.2) is 54.7 Å². The number of H-pyrrole nitrogens is 1. The Hall–Kier alpha value is -3.08. The summed E-state index contributed by atoms with van der Waals surface area (Å²) in [6, 6.07) is 15.6. The van der Waals surface area contributed by atoms with Gasteiger partial charge in [-0.2, -0.15) is 0 Å². The summed E-state index contributed by atoms with van der Waals surface area (Å²) in [5, 5.41) is 6.70. The zero-order valence-corrected chi connectivity index (χ0v) is 16.6. The SMILES string of the molecule is CC(C)(C)c1ccc(C(=O)NCC(=O)NCCc2c[nH]c3ccccc23)cc1. The first-order chi connectivity index (χ1) is 13.3. The molecule has 0 unspecified atom stereocenters. The fourth-order valence-corrected chi connectivity index (χ4v) is 3.12. The molecular formula is C23H27N3O2. The Morgan fingerprint density at radius 3 is 2.39 bits per heavy atom. The van der Waals surface area contributed by atoms with E-state index in [9.17, 15) is 9.59 Å². The predicted octanol–water partition coefficient (Wildman–Crippen LogP) is 3.55. The highest BCUT2D eigenvalue weighted by atomic mass is 16.2. The van der Waals surface area contributed by atoms with Gasteiger partial charge in [-0.25, -0.2) is 0 Å². The van der Waals surface area contributed by atoms with E-state index >= 15 is 0 Å². The van der Waals surface area contributed by atoms with Gasteiger partial charge in [0.05, 0.1) is 6.54 Å². The van der Waals surface area contributed by atoms with Crippen molar-refractivity contribution in [2.24, 2.45) is 0 Å². The Kier molecular flexibility index (Phi) is 5.83. The first-order valence-electron chi connectivity index (χ1n) is 9.55. The lowest BCUT2D eigenvalue weighted by Gasteiger charge is -2.19. The van der Waals surface area contributed by atoms with Crippen molar-refractivity contribution in [1.29, 1.82) is 0 Å². The van der Waals surface area contributed by atoms with Crippen molar-refractivity contribution in [1.82, 2.24) is 15.6 Å². The summed E-state index contributed by atoms with van der Waals surface area (Å²) in [7, 11) is 0. The maximum atomic E-state index is 12.2. The van der Waals surface area contributed by atoms with E-state index < -0.39 is 0 Å². The first-order valence-corrected chi connectivity index (χ1v) is 9.55. The molecule has 5 nitrogen and oxygen atoms in total. The van der Waals surface area contributed by atoms with Crippen molar-refractivity contribution in [3.63, 3.8) is 0 Å². The molecule has 5 heteroatoms. The highest BCUT2D eigenvalue weighted by molar-refractivity contribution is 5.96. The summed E-state index contributed by atoms with van der Waals surface area (Å²) in [4.78, 5) is 27.5. The number of hydrogen-bond donors (Lipinski definition) is 3. The van der Waals surface area contributed by atoms with Gasteiger partial charge in [-0.05, 0) is 41.2 Å². The van der Waals surface area contributed by atoms with Crippen LogP contribution in [0.2, 0.25) is 0 Å². The second kappa shape index (κ2) is 8.30. The number of amides is 2. The van der Waals surface area contributed by atoms with E-state index in [0.717, 1.165) is 11.9 Å². The van der Waals surface area contributed by atoms with Gasteiger partial charge < -0.3 is 15.6 Å². The van der Waals surface area contributed by atoms with Gasteiger partial charge >= 0.3 is 0 Å². The fourth-order valence-electron chi connectivity index (χ4n) is 3.12. The van der Waals surface area contributed by atoms with Crippen LogP contribution in [-0.2, 0) is 16.6 Å². The third kappa shape index (κ3) is 4.80. The third-order valence-electron chi connectivity index (χ3n) is 4.81. The maximum absolute atomic E-state index is 12.2. The smallest absolute Gasteiger partial charge is 0.251 e. The Morgan fingerprint density at radius 2 is 1.68 bits per heavy atom. The minimum absolute atomic E-state index is 0.0340. The van der Waals surface area contributed by atoms with Crippen LogP contribution in [0.25, 0.3) is 10.9 Å². The number of aromatic nitrogens is 1. The van der Waals surface area contributed by atoms with Crippen LogP contribution < -0.4 is 10.6 Å². The highest BCUT2D eigenvalue weighted by Gasteiger charge is 2.14. The number of nitrogens with one attached hydrogen (secondary N) is 3. The molecule has 0 saturated heterocycles. The van der Waals surface area contributed by atoms with E-state index in [1.165, 1.54) is 16.5 Å². The van der Waals surface area contributed by atoms with Gasteiger partial charge in [0.2, 0.25) is 5.91 Å². The number of carbonyl (C=O) groups is 2. The summed E-state index contributed by atoms with van der Waals surface area (Å²) in [6.07, 6.45) is 2.71. The molecule has 3 N–H and O–H groups in total. The average molecular weight is 377 g/mol. The number of carbonyl (C=O) groups excluding carboxylic acids is 2. The lowest BCUT2D eigenvalue weighted by atomic mass is 9.87. The number of aromatic amines is 1. The molecule has 3 aromatic rings. The molecule has 0 saturated carbocycles. The molecule has 0 spiro atoms. The standard InChI is InChI=1S/C23H27N3O2/c1-23(2,3)18-10-8-16(9-11-18)22(28)26-15-21(27)24-13-12-17-14-25-20-7-5-4-6-19(17)20/h4-11,14,25H,12-13,15H2,1-3H3,(H,24,27)(H,26,28). The molecule has 146 valence electrons. The highest BCUT2D eigenvalue weighted by Crippen LogP contribution is 2.22. The van der Waals surface area contributed by atoms with Crippen LogP contribution in [0.5, 0.6) is 0 Å². The third-order valence-corrected chi connectivity index (χ3v) is 4.81. The van der Waals surface area contributed by atoms with E-state index in [-0.39, 0.29) is 23.8 Å². The van der Waals surface area contributed by atoms with Gasteiger partial charge in [-0.1, -0.05) is 51.1 Å². The quantitative estimate of drug-likeness (QED) is 0.614. The van der Waals surface area contributed by atoms with E-state index in [0.29, 0.717) is 12.1 Å². The first kappa shape index (κ1) is 19.7. The van der Waals surface area contributed by atoms with E-state index in [4.69, 9.17) is 0 Å². The molecule has 0 atom stereocenters. The molecule has 0 fully saturated rings. The van der Waals surface area contributed by atoms with Crippen LogP contribution in [0, 0.1) is 0 Å². The normalized spacial score (nSPS) is 11.4. The van der Waals surface area contributed by atoms with Gasteiger partial charge in [0, 0.05) is 29.2 Å². The Labute approximate surface area is 165 Å². The second-order valence-corrected chi connectivity index (χ2v) is 7.97. The average Bonchev–Trinajstić information content (AvgIpc) is 3.09. The molecule has 2 aromatic carbocycles. The van der Waals surface area contributed by atoms with E-state index in [1.54, 1.807) is 12.1 Å². The summed E-state index contributed by atoms with van der Waals surface area (Å²) in [6.45, 7) is 6.87. The molecule has 1 aromatic heterocycles. The zero-order valence-electron chi connectivity index (χ0n) is 16.6. The summed E-state index contributed by atoms with van der Waals surface area (Å²) < 4.78 is 0. The lowest BCUT2D eigenvalue weighted by molar-refractivity contribution is -0.120. The van der Waals surface area contributed by atoms with Crippen molar-refractivity contribution < 1.29 is 9.59 Å². The molecule has 3 rings (SSSR count). The van der Waals surface area contributed by atoms with Crippen molar-refractivity contribution in [2.75, 3.05) is 13.1 Å². The number of rotatable bonds is 6. The Morgan fingerprint density at radius 1 is 0.964 bits per heavy atom. The maximum Gasteiger partial charge on any atom is 0.251 e. The summed E-state index contributed by atoms with van der Waals surface area (Å²) in [5.41, 5.74) is 4.02. The molecule has 0 bridgehead atoms. The number of hydrogen-bond acceptors (Lipinski definition) is 2. The minimum atomic E-state index is -0.243. The van der Waals surface area contributed by atoms with Crippen LogP contribution in [0.3, 0.4) is 0 Å². The van der Waals surface area contributed by atoms with Crippen LogP contribution in [-0.4, -0.2) is 29.9 Å². The lowest BCUT2D eigenvalue weighted by Crippen LogP contribution is -2.37.